The molecule has 1 aliphatic heterocycles. The average molecular weight is 287 g/mol. The zero-order valence-corrected chi connectivity index (χ0v) is 12.8. The molecule has 0 spiro atoms. The number of hydrogen-bond donors (Lipinski definition) is 1. The molecule has 3 rings (SSSR count). The minimum Gasteiger partial charge on any atom is -0.481 e. The monoisotopic (exact) mass is 287 g/mol. The molecule has 1 N–H and O–H groups in total. The summed E-state index contributed by atoms with van der Waals surface area (Å²) in [5, 5.41) is 9.16. The van der Waals surface area contributed by atoms with Crippen LogP contribution in [0, 0.1) is 5.92 Å². The summed E-state index contributed by atoms with van der Waals surface area (Å²) >= 11 is 0. The number of likely N-dealkylation sites (tertiary alicyclic amines) is 1. The third-order valence-electron chi connectivity index (χ3n) is 5.11. The van der Waals surface area contributed by atoms with E-state index in [0.717, 1.165) is 13.1 Å². The molecule has 2 aliphatic rings. The van der Waals surface area contributed by atoms with Gasteiger partial charge in [-0.15, -0.1) is 0 Å². The van der Waals surface area contributed by atoms with Gasteiger partial charge in [-0.05, 0) is 74.7 Å². The molecule has 2 fully saturated rings. The second-order valence-corrected chi connectivity index (χ2v) is 6.79. The molecule has 3 nitrogen and oxygen atoms in total. The van der Waals surface area contributed by atoms with Gasteiger partial charge < -0.3 is 10.0 Å². The van der Waals surface area contributed by atoms with Crippen molar-refractivity contribution in [3.63, 3.8) is 0 Å². The predicted molar refractivity (Wildman–Crippen MR) is 83.6 cm³/mol. The SMILES string of the molecule is CN1CCC(c2cccc(C(CC(=O)O)C3CC3)c2)CC1. The molecule has 1 unspecified atom stereocenters. The number of hydrogen-bond acceptors (Lipinski definition) is 2. The first kappa shape index (κ1) is 14.6. The van der Waals surface area contributed by atoms with Gasteiger partial charge in [-0.2, -0.15) is 0 Å². The van der Waals surface area contributed by atoms with E-state index in [0.29, 0.717) is 11.8 Å². The number of carbonyl (C=O) groups is 1. The van der Waals surface area contributed by atoms with Crippen LogP contribution in [0.1, 0.15) is 55.1 Å². The summed E-state index contributed by atoms with van der Waals surface area (Å²) in [4.78, 5) is 13.5. The quantitative estimate of drug-likeness (QED) is 0.901. The fourth-order valence-corrected chi connectivity index (χ4v) is 3.63. The van der Waals surface area contributed by atoms with Crippen molar-refractivity contribution in [3.8, 4) is 0 Å². The Hall–Kier alpha value is -1.35. The Kier molecular flexibility index (Phi) is 4.29. The third kappa shape index (κ3) is 3.65. The molecular weight excluding hydrogens is 262 g/mol. The minimum atomic E-state index is -0.670. The fourth-order valence-electron chi connectivity index (χ4n) is 3.63. The van der Waals surface area contributed by atoms with Crippen LogP contribution in [0.2, 0.25) is 0 Å². The van der Waals surface area contributed by atoms with Gasteiger partial charge in [0.2, 0.25) is 0 Å². The largest absolute Gasteiger partial charge is 0.481 e. The number of piperidine rings is 1. The standard InChI is InChI=1S/C18H25NO2/c1-19-9-7-13(8-10-19)15-3-2-4-16(11-15)17(12-18(20)21)14-5-6-14/h2-4,11,13-14,17H,5-10,12H2,1H3,(H,20,21). The van der Waals surface area contributed by atoms with E-state index in [9.17, 15) is 4.79 Å². The molecule has 1 aromatic carbocycles. The van der Waals surface area contributed by atoms with E-state index in [-0.39, 0.29) is 12.3 Å². The molecule has 0 aromatic heterocycles. The lowest BCUT2D eigenvalue weighted by molar-refractivity contribution is -0.137. The van der Waals surface area contributed by atoms with Gasteiger partial charge in [0.25, 0.3) is 0 Å². The minimum absolute atomic E-state index is 0.216. The van der Waals surface area contributed by atoms with E-state index in [4.69, 9.17) is 5.11 Å². The van der Waals surface area contributed by atoms with Crippen molar-refractivity contribution in [2.24, 2.45) is 5.92 Å². The van der Waals surface area contributed by atoms with Crippen LogP contribution in [-0.2, 0) is 4.79 Å². The third-order valence-corrected chi connectivity index (χ3v) is 5.11. The van der Waals surface area contributed by atoms with Crippen molar-refractivity contribution in [2.75, 3.05) is 20.1 Å². The van der Waals surface area contributed by atoms with Gasteiger partial charge in [0.05, 0.1) is 6.42 Å². The van der Waals surface area contributed by atoms with Crippen LogP contribution in [0.3, 0.4) is 0 Å². The lowest BCUT2D eigenvalue weighted by atomic mass is 9.85. The van der Waals surface area contributed by atoms with Crippen molar-refractivity contribution in [2.45, 2.75) is 43.9 Å². The summed E-state index contributed by atoms with van der Waals surface area (Å²) in [6.07, 6.45) is 5.09. The number of aliphatic carboxylic acids is 1. The Labute approximate surface area is 127 Å². The normalized spacial score (nSPS) is 22.1. The van der Waals surface area contributed by atoms with Crippen molar-refractivity contribution >= 4 is 5.97 Å². The fraction of sp³-hybridized carbons (Fsp3) is 0.611. The Morgan fingerprint density at radius 2 is 2.00 bits per heavy atom. The van der Waals surface area contributed by atoms with Crippen molar-refractivity contribution < 1.29 is 9.90 Å². The molecule has 1 aliphatic carbocycles. The highest BCUT2D eigenvalue weighted by Crippen LogP contribution is 2.45. The summed E-state index contributed by atoms with van der Waals surface area (Å²) in [6, 6.07) is 8.77. The lowest BCUT2D eigenvalue weighted by Gasteiger charge is -2.29. The van der Waals surface area contributed by atoms with E-state index in [2.05, 4.69) is 36.2 Å². The highest BCUT2D eigenvalue weighted by Gasteiger charge is 2.34. The van der Waals surface area contributed by atoms with Gasteiger partial charge in [-0.1, -0.05) is 24.3 Å². The maximum Gasteiger partial charge on any atom is 0.303 e. The molecule has 114 valence electrons. The van der Waals surface area contributed by atoms with E-state index < -0.39 is 5.97 Å². The summed E-state index contributed by atoms with van der Waals surface area (Å²) in [7, 11) is 2.18. The number of rotatable bonds is 5. The molecule has 1 atom stereocenters. The van der Waals surface area contributed by atoms with Gasteiger partial charge in [0, 0.05) is 0 Å². The molecule has 1 saturated heterocycles. The number of carboxylic acids is 1. The van der Waals surface area contributed by atoms with Gasteiger partial charge in [0.15, 0.2) is 0 Å². The summed E-state index contributed by atoms with van der Waals surface area (Å²) in [5.41, 5.74) is 2.66. The van der Waals surface area contributed by atoms with Crippen LogP contribution in [0.25, 0.3) is 0 Å². The van der Waals surface area contributed by atoms with Crippen LogP contribution < -0.4 is 0 Å². The number of nitrogens with zero attached hydrogens (tertiary/aromatic N) is 1. The van der Waals surface area contributed by atoms with Crippen LogP contribution in [-0.4, -0.2) is 36.1 Å². The summed E-state index contributed by atoms with van der Waals surface area (Å²) < 4.78 is 0. The Morgan fingerprint density at radius 3 is 2.62 bits per heavy atom. The van der Waals surface area contributed by atoms with Crippen LogP contribution in [0.5, 0.6) is 0 Å². The van der Waals surface area contributed by atoms with Gasteiger partial charge in [-0.3, -0.25) is 4.79 Å². The van der Waals surface area contributed by atoms with Gasteiger partial charge >= 0.3 is 5.97 Å². The lowest BCUT2D eigenvalue weighted by Crippen LogP contribution is -2.29. The molecule has 0 radical (unpaired) electrons. The number of carboxylic acid groups (broad SMARTS) is 1. The molecular formula is C18H25NO2. The average Bonchev–Trinajstić information content (AvgIpc) is 3.30. The zero-order chi connectivity index (χ0) is 14.8. The highest BCUT2D eigenvalue weighted by atomic mass is 16.4. The molecule has 21 heavy (non-hydrogen) atoms. The van der Waals surface area contributed by atoms with E-state index in [1.807, 2.05) is 0 Å². The molecule has 0 bridgehead atoms. The zero-order valence-electron chi connectivity index (χ0n) is 12.8. The topological polar surface area (TPSA) is 40.5 Å². The van der Waals surface area contributed by atoms with E-state index in [1.54, 1.807) is 0 Å². The molecule has 0 amide bonds. The van der Waals surface area contributed by atoms with Gasteiger partial charge in [0.1, 0.15) is 0 Å². The second kappa shape index (κ2) is 6.18. The number of benzene rings is 1. The Balaban J connectivity index is 1.76. The van der Waals surface area contributed by atoms with Crippen LogP contribution in [0.4, 0.5) is 0 Å². The summed E-state index contributed by atoms with van der Waals surface area (Å²) in [6.45, 7) is 2.33. The van der Waals surface area contributed by atoms with Crippen molar-refractivity contribution in [1.29, 1.82) is 0 Å². The van der Waals surface area contributed by atoms with Crippen molar-refractivity contribution in [3.05, 3.63) is 35.4 Å². The predicted octanol–water partition coefficient (Wildman–Crippen LogP) is 3.46. The maximum absolute atomic E-state index is 11.1. The second-order valence-electron chi connectivity index (χ2n) is 6.79. The molecule has 3 heteroatoms. The van der Waals surface area contributed by atoms with E-state index >= 15 is 0 Å². The molecule has 1 heterocycles. The highest BCUT2D eigenvalue weighted by molar-refractivity contribution is 5.68. The van der Waals surface area contributed by atoms with Crippen molar-refractivity contribution in [1.82, 2.24) is 4.90 Å². The molecule has 1 saturated carbocycles. The Morgan fingerprint density at radius 1 is 1.29 bits per heavy atom. The van der Waals surface area contributed by atoms with E-state index in [1.165, 1.54) is 36.8 Å². The first-order chi connectivity index (χ1) is 10.1. The maximum atomic E-state index is 11.1. The first-order valence-electron chi connectivity index (χ1n) is 8.13. The van der Waals surface area contributed by atoms with Gasteiger partial charge in [-0.25, -0.2) is 0 Å². The Bertz CT molecular complexity index is 502. The van der Waals surface area contributed by atoms with Crippen LogP contribution >= 0.6 is 0 Å². The first-order valence-corrected chi connectivity index (χ1v) is 8.13. The summed E-state index contributed by atoms with van der Waals surface area (Å²) in [5.74, 6) is 0.782. The van der Waals surface area contributed by atoms with Crippen LogP contribution in [0.15, 0.2) is 24.3 Å². The molecule has 1 aromatic rings. The smallest absolute Gasteiger partial charge is 0.303 e.